The second-order valence-electron chi connectivity index (χ2n) is 6.13. The topological polar surface area (TPSA) is 36.4 Å². The van der Waals surface area contributed by atoms with Crippen LogP contribution in [0.1, 0.15) is 38.7 Å². The maximum atomic E-state index is 12.1. The summed E-state index contributed by atoms with van der Waals surface area (Å²) in [5.41, 5.74) is 2.12. The Morgan fingerprint density at radius 3 is 2.48 bits per heavy atom. The van der Waals surface area contributed by atoms with Gasteiger partial charge in [-0.15, -0.1) is 0 Å². The number of rotatable bonds is 3. The maximum absolute atomic E-state index is 12.1. The van der Waals surface area contributed by atoms with Gasteiger partial charge in [-0.1, -0.05) is 13.5 Å². The van der Waals surface area contributed by atoms with Gasteiger partial charge in [0.25, 0.3) is 0 Å². The molecule has 4 nitrogen and oxygen atoms in total. The summed E-state index contributed by atoms with van der Waals surface area (Å²) < 4.78 is 0. The highest BCUT2D eigenvalue weighted by molar-refractivity contribution is 5.77. The Kier molecular flexibility index (Phi) is 3.70. The highest BCUT2D eigenvalue weighted by Gasteiger charge is 2.42. The average molecular weight is 285 g/mol. The lowest BCUT2D eigenvalue weighted by atomic mass is 10.1. The largest absolute Gasteiger partial charge is 0.352 e. The van der Waals surface area contributed by atoms with Crippen LogP contribution in [0.5, 0.6) is 0 Å². The fraction of sp³-hybridized carbons (Fsp3) is 0.529. The average Bonchev–Trinajstić information content (AvgIpc) is 2.76. The van der Waals surface area contributed by atoms with Crippen LogP contribution in [0.2, 0.25) is 0 Å². The molecule has 0 saturated carbocycles. The van der Waals surface area contributed by atoms with Crippen molar-refractivity contribution < 1.29 is 4.79 Å². The molecule has 0 radical (unpaired) electrons. The molecule has 2 saturated heterocycles. The van der Waals surface area contributed by atoms with E-state index in [2.05, 4.69) is 33.5 Å². The molecule has 2 fully saturated rings. The number of fused-ring (bicyclic) bond motifs is 2. The first-order valence-electron chi connectivity index (χ1n) is 7.78. The molecule has 2 aliphatic heterocycles. The molecular weight excluding hydrogens is 262 g/mol. The molecule has 0 spiro atoms. The summed E-state index contributed by atoms with van der Waals surface area (Å²) in [6.45, 7) is 9.69. The number of hydrogen-bond donors (Lipinski definition) is 0. The standard InChI is InChI=1S/C17H23N3O/c1-4-17(21)20-14-6-7-15(20)11-19(10-14)16-8-5-13(9-18-16)12(2)3/h5,8-9,14-15H,2,4,6-7,10-11H2,1,3H3. The van der Waals surface area contributed by atoms with Crippen molar-refractivity contribution in [3.05, 3.63) is 30.5 Å². The number of carbonyl (C=O) groups is 1. The van der Waals surface area contributed by atoms with Crippen molar-refractivity contribution in [1.29, 1.82) is 0 Å². The summed E-state index contributed by atoms with van der Waals surface area (Å²) in [5.74, 6) is 1.31. The molecular formula is C17H23N3O. The number of aromatic nitrogens is 1. The summed E-state index contributed by atoms with van der Waals surface area (Å²) in [4.78, 5) is 21.1. The van der Waals surface area contributed by atoms with E-state index in [9.17, 15) is 4.79 Å². The van der Waals surface area contributed by atoms with Crippen LogP contribution in [0, 0.1) is 0 Å². The fourth-order valence-electron chi connectivity index (χ4n) is 3.51. The minimum Gasteiger partial charge on any atom is -0.352 e. The lowest BCUT2D eigenvalue weighted by molar-refractivity contribution is -0.134. The minimum atomic E-state index is 0.299. The molecule has 0 aromatic carbocycles. The predicted molar refractivity (Wildman–Crippen MR) is 85.1 cm³/mol. The number of piperazine rings is 1. The van der Waals surface area contributed by atoms with Gasteiger partial charge < -0.3 is 9.80 Å². The molecule has 4 heteroatoms. The van der Waals surface area contributed by atoms with Crippen LogP contribution in [0.4, 0.5) is 5.82 Å². The molecule has 1 aromatic heterocycles. The van der Waals surface area contributed by atoms with E-state index in [4.69, 9.17) is 0 Å². The first-order chi connectivity index (χ1) is 10.1. The van der Waals surface area contributed by atoms with E-state index in [0.717, 1.165) is 42.9 Å². The van der Waals surface area contributed by atoms with Gasteiger partial charge in [0.15, 0.2) is 0 Å². The van der Waals surface area contributed by atoms with Crippen LogP contribution in [0.3, 0.4) is 0 Å². The van der Waals surface area contributed by atoms with Gasteiger partial charge in [0.1, 0.15) is 5.82 Å². The van der Waals surface area contributed by atoms with Gasteiger partial charge in [0.05, 0.1) is 0 Å². The first-order valence-corrected chi connectivity index (χ1v) is 7.78. The molecule has 0 aliphatic carbocycles. The van der Waals surface area contributed by atoms with Gasteiger partial charge in [-0.25, -0.2) is 4.98 Å². The van der Waals surface area contributed by atoms with E-state index < -0.39 is 0 Å². The van der Waals surface area contributed by atoms with Crippen LogP contribution < -0.4 is 4.90 Å². The number of carbonyl (C=O) groups excluding carboxylic acids is 1. The Bertz CT molecular complexity index is 538. The van der Waals surface area contributed by atoms with E-state index in [1.807, 2.05) is 20.0 Å². The van der Waals surface area contributed by atoms with Crippen LogP contribution in [-0.4, -0.2) is 41.0 Å². The summed E-state index contributed by atoms with van der Waals surface area (Å²) >= 11 is 0. The van der Waals surface area contributed by atoms with Gasteiger partial charge in [-0.05, 0) is 43.0 Å². The van der Waals surface area contributed by atoms with E-state index >= 15 is 0 Å². The first kappa shape index (κ1) is 14.1. The molecule has 1 aromatic rings. The van der Waals surface area contributed by atoms with Gasteiger partial charge in [-0.2, -0.15) is 0 Å². The Morgan fingerprint density at radius 2 is 2.00 bits per heavy atom. The Hall–Kier alpha value is -1.84. The third-order valence-corrected chi connectivity index (χ3v) is 4.64. The van der Waals surface area contributed by atoms with Crippen molar-refractivity contribution in [2.75, 3.05) is 18.0 Å². The minimum absolute atomic E-state index is 0.299. The Labute approximate surface area is 126 Å². The molecule has 3 rings (SSSR count). The number of anilines is 1. The predicted octanol–water partition coefficient (Wildman–Crippen LogP) is 2.70. The van der Waals surface area contributed by atoms with Crippen molar-refractivity contribution >= 4 is 17.3 Å². The van der Waals surface area contributed by atoms with E-state index in [1.54, 1.807) is 0 Å². The lowest BCUT2D eigenvalue weighted by Crippen LogP contribution is -2.56. The summed E-state index contributed by atoms with van der Waals surface area (Å²) in [6, 6.07) is 4.87. The molecule has 2 aliphatic rings. The normalized spacial score (nSPS) is 24.3. The molecule has 21 heavy (non-hydrogen) atoms. The second kappa shape index (κ2) is 5.51. The molecule has 1 amide bonds. The third-order valence-electron chi connectivity index (χ3n) is 4.64. The van der Waals surface area contributed by atoms with Gasteiger partial charge >= 0.3 is 0 Å². The van der Waals surface area contributed by atoms with Crippen molar-refractivity contribution in [3.8, 4) is 0 Å². The van der Waals surface area contributed by atoms with Crippen LogP contribution >= 0.6 is 0 Å². The van der Waals surface area contributed by atoms with E-state index in [0.29, 0.717) is 24.4 Å². The SMILES string of the molecule is C=C(C)c1ccc(N2CC3CCC(C2)N3C(=O)CC)nc1. The van der Waals surface area contributed by atoms with Gasteiger partial charge in [0.2, 0.25) is 5.91 Å². The molecule has 2 unspecified atom stereocenters. The zero-order valence-corrected chi connectivity index (χ0v) is 12.9. The summed E-state index contributed by atoms with van der Waals surface area (Å²) in [5, 5.41) is 0. The highest BCUT2D eigenvalue weighted by Crippen LogP contribution is 2.32. The van der Waals surface area contributed by atoms with Crippen molar-refractivity contribution in [2.24, 2.45) is 0 Å². The van der Waals surface area contributed by atoms with Crippen molar-refractivity contribution in [1.82, 2.24) is 9.88 Å². The van der Waals surface area contributed by atoms with Crippen molar-refractivity contribution in [2.45, 2.75) is 45.2 Å². The van der Waals surface area contributed by atoms with E-state index in [1.165, 1.54) is 0 Å². The number of amides is 1. The lowest BCUT2D eigenvalue weighted by Gasteiger charge is -2.41. The van der Waals surface area contributed by atoms with Crippen molar-refractivity contribution in [3.63, 3.8) is 0 Å². The summed E-state index contributed by atoms with van der Waals surface area (Å²) in [7, 11) is 0. The second-order valence-corrected chi connectivity index (χ2v) is 6.13. The molecule has 2 atom stereocenters. The third kappa shape index (κ3) is 2.55. The highest BCUT2D eigenvalue weighted by atomic mass is 16.2. The zero-order chi connectivity index (χ0) is 15.0. The maximum Gasteiger partial charge on any atom is 0.222 e. The number of nitrogens with zero attached hydrogens (tertiary/aromatic N) is 3. The fourth-order valence-corrected chi connectivity index (χ4v) is 3.51. The van der Waals surface area contributed by atoms with Gasteiger partial charge in [0, 0.05) is 37.8 Å². The monoisotopic (exact) mass is 285 g/mol. The smallest absolute Gasteiger partial charge is 0.222 e. The molecule has 0 N–H and O–H groups in total. The zero-order valence-electron chi connectivity index (χ0n) is 12.9. The van der Waals surface area contributed by atoms with Crippen LogP contribution in [0.25, 0.3) is 5.57 Å². The summed E-state index contributed by atoms with van der Waals surface area (Å²) in [6.07, 6.45) is 4.75. The Morgan fingerprint density at radius 1 is 1.33 bits per heavy atom. The molecule has 3 heterocycles. The number of hydrogen-bond acceptors (Lipinski definition) is 3. The molecule has 112 valence electrons. The van der Waals surface area contributed by atoms with E-state index in [-0.39, 0.29) is 0 Å². The van der Waals surface area contributed by atoms with Gasteiger partial charge in [-0.3, -0.25) is 4.79 Å². The van der Waals surface area contributed by atoms with Crippen LogP contribution in [-0.2, 0) is 4.79 Å². The van der Waals surface area contributed by atoms with Crippen LogP contribution in [0.15, 0.2) is 24.9 Å². The molecule has 2 bridgehead atoms. The number of pyridine rings is 1. The number of allylic oxidation sites excluding steroid dienone is 1. The quantitative estimate of drug-likeness (QED) is 0.857. The Balaban J connectivity index is 1.75.